The lowest BCUT2D eigenvalue weighted by atomic mass is 10.2. The second-order valence-electron chi connectivity index (χ2n) is 2.59. The Morgan fingerprint density at radius 2 is 2.14 bits per heavy atom. The van der Waals surface area contributed by atoms with Crippen LogP contribution in [0, 0.1) is 0 Å². The van der Waals surface area contributed by atoms with Gasteiger partial charge < -0.3 is 9.47 Å². The van der Waals surface area contributed by atoms with E-state index in [1.807, 2.05) is 18.2 Å². The molecule has 0 aliphatic heterocycles. The third kappa shape index (κ3) is 2.55. The van der Waals surface area contributed by atoms with Gasteiger partial charge in [0.25, 0.3) is 0 Å². The van der Waals surface area contributed by atoms with Crippen LogP contribution >= 0.6 is 12.2 Å². The third-order valence-electron chi connectivity index (χ3n) is 1.81. The van der Waals surface area contributed by atoms with Crippen LogP contribution in [0.1, 0.15) is 5.56 Å². The van der Waals surface area contributed by atoms with Gasteiger partial charge in [0.05, 0.1) is 25.9 Å². The van der Waals surface area contributed by atoms with Crippen LogP contribution in [0.25, 0.3) is 0 Å². The minimum atomic E-state index is 0.483. The number of thiocarbonyl (C=S) groups is 1. The molecule has 4 heteroatoms. The highest BCUT2D eigenvalue weighted by molar-refractivity contribution is 7.78. The molecular weight excluding hydrogens is 198 g/mol. The van der Waals surface area contributed by atoms with Gasteiger partial charge in [-0.25, -0.2) is 4.99 Å². The molecule has 14 heavy (non-hydrogen) atoms. The summed E-state index contributed by atoms with van der Waals surface area (Å²) in [5.74, 6) is 1.51. The summed E-state index contributed by atoms with van der Waals surface area (Å²) in [6.07, 6.45) is 0. The van der Waals surface area contributed by atoms with Gasteiger partial charge in [-0.15, -0.1) is 0 Å². The van der Waals surface area contributed by atoms with E-state index in [4.69, 9.17) is 9.47 Å². The molecule has 0 aliphatic carbocycles. The van der Waals surface area contributed by atoms with E-state index >= 15 is 0 Å². The zero-order chi connectivity index (χ0) is 10.4. The number of methoxy groups -OCH3 is 2. The Morgan fingerprint density at radius 3 is 2.71 bits per heavy atom. The molecule has 0 bridgehead atoms. The van der Waals surface area contributed by atoms with Gasteiger partial charge in [0.2, 0.25) is 0 Å². The first-order valence-electron chi connectivity index (χ1n) is 4.06. The first-order valence-corrected chi connectivity index (χ1v) is 4.47. The van der Waals surface area contributed by atoms with Crippen molar-refractivity contribution in [3.63, 3.8) is 0 Å². The Kier molecular flexibility index (Phi) is 4.11. The van der Waals surface area contributed by atoms with Crippen molar-refractivity contribution in [2.75, 3.05) is 14.2 Å². The van der Waals surface area contributed by atoms with Crippen molar-refractivity contribution in [1.29, 1.82) is 0 Å². The van der Waals surface area contributed by atoms with E-state index in [0.29, 0.717) is 6.54 Å². The van der Waals surface area contributed by atoms with Crippen molar-refractivity contribution in [2.24, 2.45) is 4.99 Å². The largest absolute Gasteiger partial charge is 0.497 e. The van der Waals surface area contributed by atoms with E-state index in [-0.39, 0.29) is 0 Å². The smallest absolute Gasteiger partial charge is 0.127 e. The maximum absolute atomic E-state index is 5.18. The average Bonchev–Trinajstić information content (AvgIpc) is 2.26. The van der Waals surface area contributed by atoms with Gasteiger partial charge in [0.1, 0.15) is 11.5 Å². The predicted molar refractivity (Wildman–Crippen MR) is 58.3 cm³/mol. The van der Waals surface area contributed by atoms with E-state index in [1.54, 1.807) is 14.2 Å². The number of nitrogens with zero attached hydrogens (tertiary/aromatic N) is 1. The van der Waals surface area contributed by atoms with E-state index in [2.05, 4.69) is 22.4 Å². The van der Waals surface area contributed by atoms with Crippen molar-refractivity contribution in [3.05, 3.63) is 23.8 Å². The maximum atomic E-state index is 5.18. The summed E-state index contributed by atoms with van der Waals surface area (Å²) in [6, 6.07) is 5.57. The molecule has 1 aromatic carbocycles. The Morgan fingerprint density at radius 1 is 1.36 bits per heavy atom. The van der Waals surface area contributed by atoms with Crippen LogP contribution in [0.4, 0.5) is 0 Å². The van der Waals surface area contributed by atoms with E-state index < -0.39 is 0 Å². The van der Waals surface area contributed by atoms with Gasteiger partial charge >= 0.3 is 0 Å². The molecule has 0 saturated carbocycles. The first-order chi connectivity index (χ1) is 6.81. The van der Waals surface area contributed by atoms with Crippen molar-refractivity contribution in [1.82, 2.24) is 0 Å². The summed E-state index contributed by atoms with van der Waals surface area (Å²) in [4.78, 5) is 3.85. The van der Waals surface area contributed by atoms with Gasteiger partial charge in [-0.1, -0.05) is 0 Å². The van der Waals surface area contributed by atoms with E-state index in [1.165, 1.54) is 0 Å². The van der Waals surface area contributed by atoms with Crippen molar-refractivity contribution in [3.8, 4) is 11.5 Å². The molecule has 0 amide bonds. The van der Waals surface area contributed by atoms with Crippen LogP contribution in [0.15, 0.2) is 23.2 Å². The van der Waals surface area contributed by atoms with Crippen molar-refractivity contribution < 1.29 is 9.47 Å². The van der Waals surface area contributed by atoms with Gasteiger partial charge in [-0.05, 0) is 24.4 Å². The molecule has 0 atom stereocenters. The van der Waals surface area contributed by atoms with Crippen molar-refractivity contribution >= 4 is 17.4 Å². The van der Waals surface area contributed by atoms with Crippen LogP contribution in [0.2, 0.25) is 0 Å². The molecular formula is C10H11NO2S. The molecule has 0 heterocycles. The summed E-state index contributed by atoms with van der Waals surface area (Å²) in [5, 5.41) is 2.32. The zero-order valence-electron chi connectivity index (χ0n) is 8.11. The number of aliphatic imine (C=N–C) groups is 1. The number of hydrogen-bond acceptors (Lipinski definition) is 4. The first kappa shape index (κ1) is 10.7. The lowest BCUT2D eigenvalue weighted by Gasteiger charge is -2.07. The van der Waals surface area contributed by atoms with Crippen molar-refractivity contribution in [2.45, 2.75) is 6.54 Å². The van der Waals surface area contributed by atoms with Crippen LogP contribution in [0.5, 0.6) is 11.5 Å². The average molecular weight is 209 g/mol. The van der Waals surface area contributed by atoms with E-state index in [0.717, 1.165) is 17.1 Å². The Labute approximate surface area is 88.4 Å². The van der Waals surface area contributed by atoms with E-state index in [9.17, 15) is 0 Å². The van der Waals surface area contributed by atoms with Gasteiger partial charge in [-0.3, -0.25) is 0 Å². The summed E-state index contributed by atoms with van der Waals surface area (Å²) in [6.45, 7) is 0.483. The molecule has 0 aromatic heterocycles. The van der Waals surface area contributed by atoms with Gasteiger partial charge in [0, 0.05) is 11.6 Å². The highest BCUT2D eigenvalue weighted by Crippen LogP contribution is 2.24. The molecule has 0 unspecified atom stereocenters. The fraction of sp³-hybridized carbons (Fsp3) is 0.300. The molecule has 3 nitrogen and oxygen atoms in total. The minimum absolute atomic E-state index is 0.483. The highest BCUT2D eigenvalue weighted by atomic mass is 32.1. The fourth-order valence-corrected chi connectivity index (χ4v) is 1.16. The molecule has 74 valence electrons. The van der Waals surface area contributed by atoms with Crippen LogP contribution in [-0.4, -0.2) is 19.4 Å². The zero-order valence-corrected chi connectivity index (χ0v) is 8.93. The second-order valence-corrected chi connectivity index (χ2v) is 2.77. The SMILES string of the molecule is COc1ccc(CN=C=S)c(OC)c1. The molecule has 1 aromatic rings. The van der Waals surface area contributed by atoms with Gasteiger partial charge in [0.15, 0.2) is 0 Å². The summed E-state index contributed by atoms with van der Waals surface area (Å²) >= 11 is 4.50. The summed E-state index contributed by atoms with van der Waals surface area (Å²) in [7, 11) is 3.23. The molecule has 1 rings (SSSR count). The number of hydrogen-bond donors (Lipinski definition) is 0. The number of rotatable bonds is 4. The monoisotopic (exact) mass is 209 g/mol. The molecule has 0 N–H and O–H groups in total. The quantitative estimate of drug-likeness (QED) is 0.563. The Balaban J connectivity index is 2.98. The topological polar surface area (TPSA) is 30.8 Å². The summed E-state index contributed by atoms with van der Waals surface area (Å²) < 4.78 is 10.3. The normalized spacial score (nSPS) is 9.00. The highest BCUT2D eigenvalue weighted by Gasteiger charge is 2.03. The molecule has 0 radical (unpaired) electrons. The minimum Gasteiger partial charge on any atom is -0.497 e. The summed E-state index contributed by atoms with van der Waals surface area (Å²) in [5.41, 5.74) is 0.964. The fourth-order valence-electron chi connectivity index (χ4n) is 1.10. The molecule has 0 aliphatic rings. The molecule has 0 saturated heterocycles. The second kappa shape index (κ2) is 5.37. The lowest BCUT2D eigenvalue weighted by molar-refractivity contribution is 0.391. The molecule has 0 spiro atoms. The van der Waals surface area contributed by atoms with Crippen LogP contribution in [0.3, 0.4) is 0 Å². The third-order valence-corrected chi connectivity index (χ3v) is 1.94. The molecule has 0 fully saturated rings. The van der Waals surface area contributed by atoms with Crippen LogP contribution < -0.4 is 9.47 Å². The maximum Gasteiger partial charge on any atom is 0.127 e. The lowest BCUT2D eigenvalue weighted by Crippen LogP contribution is -1.92. The predicted octanol–water partition coefficient (Wildman–Crippen LogP) is 2.31. The number of benzene rings is 1. The Bertz CT molecular complexity index is 359. The standard InChI is InChI=1S/C10H11NO2S/c1-12-9-4-3-8(6-11-7-14)10(5-9)13-2/h3-5H,6H2,1-2H3. The van der Waals surface area contributed by atoms with Crippen LogP contribution in [-0.2, 0) is 6.54 Å². The number of isothiocyanates is 1. The van der Waals surface area contributed by atoms with Gasteiger partial charge in [-0.2, -0.15) is 0 Å². The Hall–Kier alpha value is -1.38. The number of ether oxygens (including phenoxy) is 2.